The van der Waals surface area contributed by atoms with Crippen molar-refractivity contribution in [3.8, 4) is 0 Å². The highest BCUT2D eigenvalue weighted by Gasteiger charge is 2.25. The third-order valence-corrected chi connectivity index (χ3v) is 3.95. The van der Waals surface area contributed by atoms with Crippen molar-refractivity contribution in [1.29, 1.82) is 0 Å². The van der Waals surface area contributed by atoms with E-state index >= 15 is 0 Å². The Hall–Kier alpha value is -2.05. The summed E-state index contributed by atoms with van der Waals surface area (Å²) in [6.45, 7) is 1.62. The Balaban J connectivity index is 1.60. The molecule has 0 bridgehead atoms. The van der Waals surface area contributed by atoms with Crippen molar-refractivity contribution in [3.05, 3.63) is 58.8 Å². The van der Waals surface area contributed by atoms with Gasteiger partial charge in [0.25, 0.3) is 0 Å². The van der Waals surface area contributed by atoms with Crippen LogP contribution in [0, 0.1) is 5.82 Å². The molecule has 1 atom stereocenters. The molecule has 122 valence electrons. The summed E-state index contributed by atoms with van der Waals surface area (Å²) in [5.41, 5.74) is 0.750. The van der Waals surface area contributed by atoms with Crippen molar-refractivity contribution in [2.45, 2.75) is 12.6 Å². The van der Waals surface area contributed by atoms with E-state index in [1.54, 1.807) is 29.4 Å². The molecule has 0 radical (unpaired) electrons. The van der Waals surface area contributed by atoms with Gasteiger partial charge in [0.2, 0.25) is 0 Å². The number of benzene rings is 1. The molecule has 0 aliphatic carbocycles. The van der Waals surface area contributed by atoms with Crippen LogP contribution in [-0.2, 0) is 11.3 Å². The molecule has 1 saturated heterocycles. The molecule has 0 saturated carbocycles. The van der Waals surface area contributed by atoms with Gasteiger partial charge in [-0.3, -0.25) is 0 Å². The number of carbonyl (C=O) groups excluding carboxylic acids is 1. The van der Waals surface area contributed by atoms with Crippen LogP contribution < -0.4 is 5.32 Å². The molecule has 1 fully saturated rings. The molecule has 23 heavy (non-hydrogen) atoms. The number of rotatable bonds is 3. The van der Waals surface area contributed by atoms with E-state index in [1.807, 2.05) is 0 Å². The number of hydrogen-bond acceptors (Lipinski definition) is 3. The molecule has 2 amide bonds. The van der Waals surface area contributed by atoms with E-state index in [0.29, 0.717) is 32.0 Å². The maximum absolute atomic E-state index is 13.2. The molecule has 5 nitrogen and oxygen atoms in total. The Bertz CT molecular complexity index is 678. The van der Waals surface area contributed by atoms with Gasteiger partial charge in [0.15, 0.2) is 0 Å². The first-order chi connectivity index (χ1) is 11.1. The maximum Gasteiger partial charge on any atom is 0.317 e. The highest BCUT2D eigenvalue weighted by Crippen LogP contribution is 2.26. The van der Waals surface area contributed by atoms with Crippen molar-refractivity contribution in [1.82, 2.24) is 10.2 Å². The van der Waals surface area contributed by atoms with Crippen molar-refractivity contribution < 1.29 is 18.3 Å². The smallest absolute Gasteiger partial charge is 0.317 e. The SMILES string of the molecule is O=C(NCc1ccco1)N1CCO[C@H](c2ccc(F)c(Cl)c2)C1. The molecule has 1 aromatic heterocycles. The van der Waals surface area contributed by atoms with Crippen LogP contribution in [0.1, 0.15) is 17.4 Å². The van der Waals surface area contributed by atoms with Crippen LogP contribution in [0.5, 0.6) is 0 Å². The molecule has 3 rings (SSSR count). The fourth-order valence-corrected chi connectivity index (χ4v) is 2.62. The summed E-state index contributed by atoms with van der Waals surface area (Å²) in [4.78, 5) is 13.9. The van der Waals surface area contributed by atoms with E-state index < -0.39 is 5.82 Å². The van der Waals surface area contributed by atoms with Crippen LogP contribution in [0.25, 0.3) is 0 Å². The zero-order valence-electron chi connectivity index (χ0n) is 12.3. The van der Waals surface area contributed by atoms with E-state index in [9.17, 15) is 9.18 Å². The molecule has 7 heteroatoms. The molecule has 1 N–H and O–H groups in total. The van der Waals surface area contributed by atoms with Gasteiger partial charge >= 0.3 is 6.03 Å². The zero-order chi connectivity index (χ0) is 16.2. The van der Waals surface area contributed by atoms with Crippen molar-refractivity contribution >= 4 is 17.6 Å². The van der Waals surface area contributed by atoms with Crippen LogP contribution in [0.3, 0.4) is 0 Å². The van der Waals surface area contributed by atoms with Gasteiger partial charge in [-0.25, -0.2) is 9.18 Å². The minimum atomic E-state index is -0.473. The second-order valence-electron chi connectivity index (χ2n) is 5.22. The van der Waals surface area contributed by atoms with Gasteiger partial charge < -0.3 is 19.4 Å². The van der Waals surface area contributed by atoms with E-state index in [4.69, 9.17) is 20.8 Å². The topological polar surface area (TPSA) is 54.7 Å². The molecule has 1 aromatic carbocycles. The van der Waals surface area contributed by atoms with Crippen LogP contribution in [-0.4, -0.2) is 30.6 Å². The maximum atomic E-state index is 13.2. The normalized spacial score (nSPS) is 18.0. The molecule has 1 aliphatic rings. The van der Waals surface area contributed by atoms with Crippen molar-refractivity contribution in [2.24, 2.45) is 0 Å². The summed E-state index contributed by atoms with van der Waals surface area (Å²) in [7, 11) is 0. The lowest BCUT2D eigenvalue weighted by atomic mass is 10.1. The lowest BCUT2D eigenvalue weighted by Crippen LogP contribution is -2.46. The fraction of sp³-hybridized carbons (Fsp3) is 0.312. The first-order valence-electron chi connectivity index (χ1n) is 7.25. The predicted molar refractivity (Wildman–Crippen MR) is 82.6 cm³/mol. The number of ether oxygens (including phenoxy) is 1. The fourth-order valence-electron chi connectivity index (χ4n) is 2.44. The predicted octanol–water partition coefficient (Wildman–Crippen LogP) is 3.36. The van der Waals surface area contributed by atoms with Gasteiger partial charge in [0.1, 0.15) is 17.7 Å². The number of urea groups is 1. The van der Waals surface area contributed by atoms with Crippen molar-refractivity contribution in [3.63, 3.8) is 0 Å². The second-order valence-corrected chi connectivity index (χ2v) is 5.62. The molecule has 0 unspecified atom stereocenters. The summed E-state index contributed by atoms with van der Waals surface area (Å²) in [6, 6.07) is 7.83. The third kappa shape index (κ3) is 3.83. The number of carbonyl (C=O) groups is 1. The number of furan rings is 1. The van der Waals surface area contributed by atoms with Crippen LogP contribution >= 0.6 is 11.6 Å². The largest absolute Gasteiger partial charge is 0.467 e. The summed E-state index contributed by atoms with van der Waals surface area (Å²) in [5, 5.41) is 2.85. The highest BCUT2D eigenvalue weighted by molar-refractivity contribution is 6.30. The molecule has 2 heterocycles. The van der Waals surface area contributed by atoms with Crippen LogP contribution in [0.15, 0.2) is 41.0 Å². The lowest BCUT2D eigenvalue weighted by Gasteiger charge is -2.33. The quantitative estimate of drug-likeness (QED) is 0.933. The van der Waals surface area contributed by atoms with Gasteiger partial charge in [-0.15, -0.1) is 0 Å². The van der Waals surface area contributed by atoms with E-state index in [1.165, 1.54) is 12.1 Å². The number of halogens is 2. The highest BCUT2D eigenvalue weighted by atomic mass is 35.5. The van der Waals surface area contributed by atoms with E-state index in [0.717, 1.165) is 5.56 Å². The average molecular weight is 339 g/mol. The number of hydrogen-bond donors (Lipinski definition) is 1. The Morgan fingerprint density at radius 3 is 3.04 bits per heavy atom. The van der Waals surface area contributed by atoms with Crippen LogP contribution in [0.2, 0.25) is 5.02 Å². The first kappa shape index (κ1) is 15.8. The number of nitrogens with one attached hydrogen (secondary N) is 1. The number of nitrogens with zero attached hydrogens (tertiary/aromatic N) is 1. The van der Waals surface area contributed by atoms with Gasteiger partial charge in [-0.1, -0.05) is 17.7 Å². The van der Waals surface area contributed by atoms with Crippen molar-refractivity contribution in [2.75, 3.05) is 19.7 Å². The summed E-state index contributed by atoms with van der Waals surface area (Å²) >= 11 is 5.80. The Kier molecular flexibility index (Phi) is 4.83. The van der Waals surface area contributed by atoms with Crippen LogP contribution in [0.4, 0.5) is 9.18 Å². The zero-order valence-corrected chi connectivity index (χ0v) is 13.1. The minimum absolute atomic E-state index is 0.0468. The Morgan fingerprint density at radius 1 is 1.43 bits per heavy atom. The van der Waals surface area contributed by atoms with Gasteiger partial charge in [-0.2, -0.15) is 0 Å². The Morgan fingerprint density at radius 2 is 2.30 bits per heavy atom. The standard InChI is InChI=1S/C16H16ClFN2O3/c17-13-8-11(3-4-14(13)18)15-10-20(5-7-23-15)16(21)19-9-12-2-1-6-22-12/h1-4,6,8,15H,5,7,9-10H2,(H,19,21)/t15-/m0/s1. The van der Waals surface area contributed by atoms with Gasteiger partial charge in [0.05, 0.1) is 31.0 Å². The minimum Gasteiger partial charge on any atom is -0.467 e. The van der Waals surface area contributed by atoms with E-state index in [-0.39, 0.29) is 17.2 Å². The molecule has 1 aliphatic heterocycles. The first-order valence-corrected chi connectivity index (χ1v) is 7.63. The van der Waals surface area contributed by atoms with E-state index in [2.05, 4.69) is 5.32 Å². The van der Waals surface area contributed by atoms with Gasteiger partial charge in [0, 0.05) is 6.54 Å². The van der Waals surface area contributed by atoms with Gasteiger partial charge in [-0.05, 0) is 29.8 Å². The molecular weight excluding hydrogens is 323 g/mol. The summed E-state index contributed by atoms with van der Waals surface area (Å²) in [6.07, 6.45) is 1.24. The molecular formula is C16H16ClFN2O3. The number of morpholine rings is 1. The second kappa shape index (κ2) is 7.02. The lowest BCUT2D eigenvalue weighted by molar-refractivity contribution is -0.0155. The third-order valence-electron chi connectivity index (χ3n) is 3.66. The average Bonchev–Trinajstić information content (AvgIpc) is 3.09. The Labute approximate surface area is 138 Å². The monoisotopic (exact) mass is 338 g/mol. The summed E-state index contributed by atoms with van der Waals surface area (Å²) in [5.74, 6) is 0.216. The molecule has 0 spiro atoms. The number of amides is 2. The molecule has 2 aromatic rings. The summed E-state index contributed by atoms with van der Waals surface area (Å²) < 4.78 is 24.1.